The Hall–Kier alpha value is -2.33. The zero-order valence-corrected chi connectivity index (χ0v) is 14.6. The van der Waals surface area contributed by atoms with Crippen LogP contribution in [0, 0.1) is 11.3 Å². The maximum Gasteiger partial charge on any atom is 0.267 e. The van der Waals surface area contributed by atoms with Crippen LogP contribution in [-0.4, -0.2) is 31.9 Å². The fourth-order valence-corrected chi connectivity index (χ4v) is 4.11. The van der Waals surface area contributed by atoms with Crippen LogP contribution in [0.2, 0.25) is 0 Å². The molecule has 7 heteroatoms. The maximum absolute atomic E-state index is 12.1. The number of nitrogens with zero attached hydrogens (tertiary/aromatic N) is 1. The third-order valence-corrected chi connectivity index (χ3v) is 5.66. The molecule has 0 spiro atoms. The molecule has 1 unspecified atom stereocenters. The van der Waals surface area contributed by atoms with Crippen molar-refractivity contribution in [2.45, 2.75) is 32.2 Å². The molecule has 1 aromatic rings. The van der Waals surface area contributed by atoms with Gasteiger partial charge in [0.05, 0.1) is 11.5 Å². The van der Waals surface area contributed by atoms with Crippen molar-refractivity contribution < 1.29 is 13.2 Å². The number of nitriles is 1. The number of benzene rings is 1. The second kappa shape index (κ2) is 7.49. The monoisotopic (exact) mass is 347 g/mol. The minimum Gasteiger partial charge on any atom is -0.386 e. The normalized spacial score (nSPS) is 19.8. The van der Waals surface area contributed by atoms with Crippen molar-refractivity contribution in [2.75, 3.05) is 16.8 Å². The van der Waals surface area contributed by atoms with Gasteiger partial charge in [-0.05, 0) is 30.0 Å². The second-order valence-corrected chi connectivity index (χ2v) is 8.40. The Morgan fingerprint density at radius 2 is 2.00 bits per heavy atom. The average Bonchev–Trinajstić information content (AvgIpc) is 2.87. The Labute approximate surface area is 142 Å². The summed E-state index contributed by atoms with van der Waals surface area (Å²) in [4.78, 5) is 12.1. The van der Waals surface area contributed by atoms with Gasteiger partial charge < -0.3 is 10.6 Å². The third kappa shape index (κ3) is 4.83. The molecule has 1 aromatic carbocycles. The largest absolute Gasteiger partial charge is 0.386 e. The van der Waals surface area contributed by atoms with Crippen molar-refractivity contribution in [3.8, 4) is 6.07 Å². The standard InChI is InChI=1S/C17H21N3O3S/c1-12(2)13-3-5-15(6-4-13)20-17(21)14(9-18)10-19-16-7-8-24(22,23)11-16/h3-6,10,12,16,19H,7-8,11H2,1-2H3,(H,20,21)/b14-10-. The van der Waals surface area contributed by atoms with Crippen molar-refractivity contribution >= 4 is 21.4 Å². The van der Waals surface area contributed by atoms with E-state index in [2.05, 4.69) is 24.5 Å². The number of hydrogen-bond acceptors (Lipinski definition) is 5. The fraction of sp³-hybridized carbons (Fsp3) is 0.412. The third-order valence-electron chi connectivity index (χ3n) is 3.90. The van der Waals surface area contributed by atoms with Crippen LogP contribution >= 0.6 is 0 Å². The number of anilines is 1. The predicted octanol–water partition coefficient (Wildman–Crippen LogP) is 1.93. The molecule has 1 aliphatic rings. The first-order chi connectivity index (χ1) is 11.3. The first-order valence-corrected chi connectivity index (χ1v) is 9.61. The number of rotatable bonds is 5. The van der Waals surface area contributed by atoms with Crippen LogP contribution in [0.25, 0.3) is 0 Å². The van der Waals surface area contributed by atoms with Crippen molar-refractivity contribution in [2.24, 2.45) is 0 Å². The lowest BCUT2D eigenvalue weighted by molar-refractivity contribution is -0.112. The lowest BCUT2D eigenvalue weighted by Gasteiger charge is -2.10. The molecule has 2 N–H and O–H groups in total. The van der Waals surface area contributed by atoms with Crippen molar-refractivity contribution in [1.82, 2.24) is 5.32 Å². The van der Waals surface area contributed by atoms with Gasteiger partial charge >= 0.3 is 0 Å². The summed E-state index contributed by atoms with van der Waals surface area (Å²) in [6, 6.07) is 9.02. The molecule has 0 aromatic heterocycles. The predicted molar refractivity (Wildman–Crippen MR) is 93.1 cm³/mol. The summed E-state index contributed by atoms with van der Waals surface area (Å²) in [5.41, 5.74) is 1.68. The van der Waals surface area contributed by atoms with Crippen LogP contribution in [0.4, 0.5) is 5.69 Å². The van der Waals surface area contributed by atoms with E-state index >= 15 is 0 Å². The van der Waals surface area contributed by atoms with Crippen LogP contribution in [0.1, 0.15) is 31.7 Å². The second-order valence-electron chi connectivity index (χ2n) is 6.17. The minimum atomic E-state index is -3.01. The number of carbonyl (C=O) groups is 1. The van der Waals surface area contributed by atoms with Gasteiger partial charge in [-0.3, -0.25) is 4.79 Å². The van der Waals surface area contributed by atoms with Gasteiger partial charge in [-0.2, -0.15) is 5.26 Å². The molecular formula is C17H21N3O3S. The Kier molecular flexibility index (Phi) is 5.62. The van der Waals surface area contributed by atoms with E-state index in [9.17, 15) is 13.2 Å². The summed E-state index contributed by atoms with van der Waals surface area (Å²) in [5.74, 6) is 0.0364. The van der Waals surface area contributed by atoms with Crippen LogP contribution < -0.4 is 10.6 Å². The van der Waals surface area contributed by atoms with E-state index in [0.29, 0.717) is 18.0 Å². The Morgan fingerprint density at radius 3 is 2.50 bits per heavy atom. The van der Waals surface area contributed by atoms with Gasteiger partial charge in [0.25, 0.3) is 5.91 Å². The molecule has 2 rings (SSSR count). The van der Waals surface area contributed by atoms with E-state index in [-0.39, 0.29) is 23.1 Å². The van der Waals surface area contributed by atoms with Crippen LogP contribution in [-0.2, 0) is 14.6 Å². The highest BCUT2D eigenvalue weighted by Gasteiger charge is 2.27. The molecular weight excluding hydrogens is 326 g/mol. The van der Waals surface area contributed by atoms with Gasteiger partial charge in [0, 0.05) is 17.9 Å². The highest BCUT2D eigenvalue weighted by Crippen LogP contribution is 2.17. The number of hydrogen-bond donors (Lipinski definition) is 2. The van der Waals surface area contributed by atoms with Gasteiger partial charge in [0.2, 0.25) is 0 Å². The Morgan fingerprint density at radius 1 is 1.33 bits per heavy atom. The number of sulfone groups is 1. The van der Waals surface area contributed by atoms with Gasteiger partial charge in [-0.15, -0.1) is 0 Å². The fourth-order valence-electron chi connectivity index (χ4n) is 2.43. The van der Waals surface area contributed by atoms with Crippen LogP contribution in [0.15, 0.2) is 36.0 Å². The molecule has 1 saturated heterocycles. The number of carbonyl (C=O) groups excluding carboxylic acids is 1. The molecule has 1 aliphatic heterocycles. The molecule has 0 bridgehead atoms. The SMILES string of the molecule is CC(C)c1ccc(NC(=O)/C(C#N)=C\NC2CCS(=O)(=O)C2)cc1. The van der Waals surface area contributed by atoms with Crippen molar-refractivity contribution in [1.29, 1.82) is 5.26 Å². The lowest BCUT2D eigenvalue weighted by Crippen LogP contribution is -2.27. The Bertz CT molecular complexity index is 774. The maximum atomic E-state index is 12.1. The lowest BCUT2D eigenvalue weighted by atomic mass is 10.0. The van der Waals surface area contributed by atoms with Crippen LogP contribution in [0.5, 0.6) is 0 Å². The van der Waals surface area contributed by atoms with E-state index in [0.717, 1.165) is 5.56 Å². The molecule has 6 nitrogen and oxygen atoms in total. The van der Waals surface area contributed by atoms with E-state index in [1.165, 1.54) is 6.20 Å². The van der Waals surface area contributed by atoms with Crippen molar-refractivity contribution in [3.05, 3.63) is 41.6 Å². The zero-order chi connectivity index (χ0) is 17.7. The molecule has 0 saturated carbocycles. The first kappa shape index (κ1) is 18.0. The van der Waals surface area contributed by atoms with E-state index in [1.807, 2.05) is 18.2 Å². The summed E-state index contributed by atoms with van der Waals surface area (Å²) < 4.78 is 22.8. The summed E-state index contributed by atoms with van der Waals surface area (Å²) in [5, 5.41) is 14.6. The zero-order valence-electron chi connectivity index (χ0n) is 13.7. The molecule has 0 aliphatic carbocycles. The van der Waals surface area contributed by atoms with Crippen molar-refractivity contribution in [3.63, 3.8) is 0 Å². The van der Waals surface area contributed by atoms with Gasteiger partial charge in [-0.1, -0.05) is 26.0 Å². The first-order valence-electron chi connectivity index (χ1n) is 7.79. The molecule has 0 radical (unpaired) electrons. The van der Waals surface area contributed by atoms with E-state index in [4.69, 9.17) is 5.26 Å². The van der Waals surface area contributed by atoms with Gasteiger partial charge in [0.15, 0.2) is 9.84 Å². The summed E-state index contributed by atoms with van der Waals surface area (Å²) in [6.07, 6.45) is 1.78. The highest BCUT2D eigenvalue weighted by molar-refractivity contribution is 7.91. The van der Waals surface area contributed by atoms with Gasteiger partial charge in [0.1, 0.15) is 11.6 Å². The smallest absolute Gasteiger partial charge is 0.267 e. The molecule has 1 fully saturated rings. The molecule has 1 atom stereocenters. The van der Waals surface area contributed by atoms with Gasteiger partial charge in [-0.25, -0.2) is 8.42 Å². The number of amides is 1. The Balaban J connectivity index is 1.98. The minimum absolute atomic E-state index is 0.0283. The van der Waals surface area contributed by atoms with Crippen LogP contribution in [0.3, 0.4) is 0 Å². The highest BCUT2D eigenvalue weighted by atomic mass is 32.2. The summed E-state index contributed by atoms with van der Waals surface area (Å²) >= 11 is 0. The number of nitrogens with one attached hydrogen (secondary N) is 2. The van der Waals surface area contributed by atoms with E-state index < -0.39 is 15.7 Å². The summed E-state index contributed by atoms with van der Waals surface area (Å²) in [7, 11) is -3.01. The topological polar surface area (TPSA) is 99.1 Å². The van der Waals surface area contributed by atoms with E-state index in [1.54, 1.807) is 12.1 Å². The summed E-state index contributed by atoms with van der Waals surface area (Å²) in [6.45, 7) is 4.16. The molecule has 1 amide bonds. The quantitative estimate of drug-likeness (QED) is 0.626. The molecule has 128 valence electrons. The average molecular weight is 347 g/mol. The molecule has 24 heavy (non-hydrogen) atoms. The molecule has 1 heterocycles.